The maximum Gasteiger partial charge on any atom is 0.408 e. The van der Waals surface area contributed by atoms with Crippen molar-refractivity contribution in [3.05, 3.63) is 144 Å². The van der Waals surface area contributed by atoms with Gasteiger partial charge < -0.3 is 39.6 Å². The van der Waals surface area contributed by atoms with E-state index >= 15 is 0 Å². The van der Waals surface area contributed by atoms with Gasteiger partial charge in [-0.1, -0.05) is 121 Å². The highest BCUT2D eigenvalue weighted by atomic mass is 32.2. The van der Waals surface area contributed by atoms with Crippen molar-refractivity contribution in [3.8, 4) is 0 Å². The normalized spacial score (nSPS) is 12.4. The van der Waals surface area contributed by atoms with Crippen LogP contribution in [-0.4, -0.2) is 71.2 Å². The predicted octanol–water partition coefficient (Wildman–Crippen LogP) is 6.40. The zero-order valence-electron chi connectivity index (χ0n) is 33.8. The zero-order chi connectivity index (χ0) is 43.2. The third-order valence-electron chi connectivity index (χ3n) is 8.29. The van der Waals surface area contributed by atoms with Crippen molar-refractivity contribution >= 4 is 47.8 Å². The van der Waals surface area contributed by atoms with E-state index in [1.165, 1.54) is 0 Å². The number of benzene rings is 4. The van der Waals surface area contributed by atoms with Crippen LogP contribution in [0.25, 0.3) is 0 Å². The highest BCUT2D eigenvalue weighted by Gasteiger charge is 2.30. The molecule has 0 saturated carbocycles. The van der Waals surface area contributed by atoms with Crippen molar-refractivity contribution in [2.24, 2.45) is 0 Å². The Labute approximate surface area is 354 Å². The van der Waals surface area contributed by atoms with Crippen molar-refractivity contribution in [1.29, 1.82) is 0 Å². The summed E-state index contributed by atoms with van der Waals surface area (Å²) in [4.78, 5) is 78.9. The second-order valence-corrected chi connectivity index (χ2v) is 15.5. The van der Waals surface area contributed by atoms with Crippen LogP contribution in [0.4, 0.5) is 9.59 Å². The monoisotopic (exact) mass is 841 g/mol. The number of esters is 3. The van der Waals surface area contributed by atoms with Crippen LogP contribution in [0, 0.1) is 0 Å². The lowest BCUT2D eigenvalue weighted by atomic mass is 10.1. The highest BCUT2D eigenvalue weighted by molar-refractivity contribution is 7.99. The summed E-state index contributed by atoms with van der Waals surface area (Å²) in [5, 5.41) is 7.72. The lowest BCUT2D eigenvalue weighted by molar-refractivity contribution is -0.149. The predicted molar refractivity (Wildman–Crippen MR) is 224 cm³/mol. The SMILES string of the molecule is CC(C)(C)OC(=O)N[C@H](CCC(=O)N[C@H](CSC[C@H](NC(=O)OCc1ccccc1)C(=O)OCc1ccccc1)C(=O)OCc1ccccc1)C(=O)OCc1ccccc1. The Bertz CT molecular complexity index is 1960. The third-order valence-corrected chi connectivity index (χ3v) is 9.42. The highest BCUT2D eigenvalue weighted by Crippen LogP contribution is 2.14. The van der Waals surface area contributed by atoms with Crippen molar-refractivity contribution in [2.45, 2.75) is 83.8 Å². The van der Waals surface area contributed by atoms with Crippen LogP contribution < -0.4 is 16.0 Å². The maximum atomic E-state index is 13.5. The van der Waals surface area contributed by atoms with E-state index in [1.807, 2.05) is 24.3 Å². The largest absolute Gasteiger partial charge is 0.459 e. The van der Waals surface area contributed by atoms with Crippen LogP contribution in [-0.2, 0) is 69.3 Å². The zero-order valence-corrected chi connectivity index (χ0v) is 34.7. The number of hydrogen-bond acceptors (Lipinski definition) is 12. The number of rotatable bonds is 21. The molecule has 318 valence electrons. The first-order valence-corrected chi connectivity index (χ1v) is 20.5. The molecule has 14 nitrogen and oxygen atoms in total. The molecule has 0 aliphatic heterocycles. The number of ether oxygens (including phenoxy) is 5. The van der Waals surface area contributed by atoms with Gasteiger partial charge in [-0.15, -0.1) is 0 Å². The van der Waals surface area contributed by atoms with E-state index in [9.17, 15) is 28.8 Å². The minimum absolute atomic E-state index is 0.0359. The first-order chi connectivity index (χ1) is 28.8. The molecular weight excluding hydrogens is 791 g/mol. The van der Waals surface area contributed by atoms with Crippen LogP contribution in [0.2, 0.25) is 0 Å². The fourth-order valence-electron chi connectivity index (χ4n) is 5.28. The van der Waals surface area contributed by atoms with Crippen LogP contribution >= 0.6 is 11.8 Å². The van der Waals surface area contributed by atoms with Crippen molar-refractivity contribution in [1.82, 2.24) is 16.0 Å². The van der Waals surface area contributed by atoms with Gasteiger partial charge in [0.1, 0.15) is 50.2 Å². The fraction of sp³-hybridized carbons (Fsp3) is 0.333. The lowest BCUT2D eigenvalue weighted by Gasteiger charge is -2.23. The van der Waals surface area contributed by atoms with Crippen LogP contribution in [0.5, 0.6) is 0 Å². The van der Waals surface area contributed by atoms with Crippen molar-refractivity contribution in [2.75, 3.05) is 11.5 Å². The van der Waals surface area contributed by atoms with Crippen LogP contribution in [0.1, 0.15) is 55.9 Å². The number of alkyl carbamates (subject to hydrolysis) is 2. The molecule has 0 aliphatic rings. The molecule has 60 heavy (non-hydrogen) atoms. The van der Waals surface area contributed by atoms with E-state index in [1.54, 1.807) is 118 Å². The van der Waals surface area contributed by atoms with Gasteiger partial charge in [-0.25, -0.2) is 24.0 Å². The van der Waals surface area contributed by atoms with E-state index in [2.05, 4.69) is 16.0 Å². The minimum Gasteiger partial charge on any atom is -0.459 e. The molecular formula is C45H51N3O11S. The quantitative estimate of drug-likeness (QED) is 0.0621. The number of amides is 3. The summed E-state index contributed by atoms with van der Waals surface area (Å²) in [5.41, 5.74) is 2.06. The number of hydrogen-bond donors (Lipinski definition) is 3. The molecule has 0 fully saturated rings. The standard InChI is InChI=1S/C45H51N3O11S/c1-45(2,3)59-44(54)47-36(40(50)55-26-32-16-8-4-9-17-32)24-25-39(49)46-37(41(51)56-27-33-18-10-5-11-19-33)30-60-31-38(42(52)57-28-34-20-12-6-13-21-34)48-43(53)58-29-35-22-14-7-15-23-35/h4-23,36-38H,24-31H2,1-3H3,(H,46,49)(H,47,54)(H,48,53)/t36-,37-,38+/m1/s1. The average molecular weight is 842 g/mol. The summed E-state index contributed by atoms with van der Waals surface area (Å²) in [7, 11) is 0. The Hall–Kier alpha value is -6.35. The molecule has 0 bridgehead atoms. The molecule has 4 aromatic carbocycles. The molecule has 0 heterocycles. The third kappa shape index (κ3) is 18.1. The summed E-state index contributed by atoms with van der Waals surface area (Å²) >= 11 is 1.08. The molecule has 0 saturated heterocycles. The first-order valence-electron chi connectivity index (χ1n) is 19.3. The smallest absolute Gasteiger partial charge is 0.408 e. The molecule has 0 unspecified atom stereocenters. The van der Waals surface area contributed by atoms with Gasteiger partial charge in [0.2, 0.25) is 5.91 Å². The maximum absolute atomic E-state index is 13.5. The molecule has 0 aliphatic carbocycles. The second kappa shape index (κ2) is 24.5. The van der Waals surface area contributed by atoms with Gasteiger partial charge >= 0.3 is 30.1 Å². The Morgan fingerprint density at radius 2 is 0.833 bits per heavy atom. The molecule has 0 aromatic heterocycles. The van der Waals surface area contributed by atoms with E-state index < -0.39 is 59.7 Å². The lowest BCUT2D eigenvalue weighted by Crippen LogP contribution is -2.47. The van der Waals surface area contributed by atoms with Gasteiger partial charge in [0, 0.05) is 17.9 Å². The van der Waals surface area contributed by atoms with Crippen LogP contribution in [0.3, 0.4) is 0 Å². The second-order valence-electron chi connectivity index (χ2n) is 14.4. The summed E-state index contributed by atoms with van der Waals surface area (Å²) in [6.07, 6.45) is -2.23. The fourth-order valence-corrected chi connectivity index (χ4v) is 6.32. The summed E-state index contributed by atoms with van der Waals surface area (Å²) < 4.78 is 27.2. The summed E-state index contributed by atoms with van der Waals surface area (Å²) in [6.45, 7) is 4.78. The van der Waals surface area contributed by atoms with E-state index in [-0.39, 0.29) is 50.8 Å². The Morgan fingerprint density at radius 3 is 1.23 bits per heavy atom. The molecule has 4 rings (SSSR count). The van der Waals surface area contributed by atoms with Crippen molar-refractivity contribution < 1.29 is 52.5 Å². The molecule has 3 atom stereocenters. The van der Waals surface area contributed by atoms with Crippen LogP contribution in [0.15, 0.2) is 121 Å². The van der Waals surface area contributed by atoms with E-state index in [0.29, 0.717) is 5.56 Å². The Balaban J connectivity index is 1.42. The summed E-state index contributed by atoms with van der Waals surface area (Å²) in [6, 6.07) is 32.2. The summed E-state index contributed by atoms with van der Waals surface area (Å²) in [5.74, 6) is -3.07. The molecule has 0 radical (unpaired) electrons. The van der Waals surface area contributed by atoms with Gasteiger partial charge in [0.25, 0.3) is 0 Å². The molecule has 15 heteroatoms. The van der Waals surface area contributed by atoms with Crippen molar-refractivity contribution in [3.63, 3.8) is 0 Å². The van der Waals surface area contributed by atoms with Gasteiger partial charge in [0.05, 0.1) is 0 Å². The Morgan fingerprint density at radius 1 is 0.483 bits per heavy atom. The van der Waals surface area contributed by atoms with Gasteiger partial charge in [-0.3, -0.25) is 4.79 Å². The topological polar surface area (TPSA) is 185 Å². The number of thioether (sulfide) groups is 1. The number of carbonyl (C=O) groups excluding carboxylic acids is 6. The first kappa shape index (κ1) is 46.3. The molecule has 4 aromatic rings. The number of carbonyl (C=O) groups is 6. The molecule has 3 N–H and O–H groups in total. The van der Waals surface area contributed by atoms with E-state index in [0.717, 1.165) is 28.5 Å². The van der Waals surface area contributed by atoms with Gasteiger partial charge in [0.15, 0.2) is 0 Å². The van der Waals surface area contributed by atoms with Gasteiger partial charge in [-0.05, 0) is 49.4 Å². The average Bonchev–Trinajstić information content (AvgIpc) is 3.24. The Kier molecular flexibility index (Phi) is 19.0. The minimum atomic E-state index is -1.26. The number of nitrogens with one attached hydrogen (secondary N) is 3. The molecule has 3 amide bonds. The van der Waals surface area contributed by atoms with E-state index in [4.69, 9.17) is 23.7 Å². The van der Waals surface area contributed by atoms with Gasteiger partial charge in [-0.2, -0.15) is 11.8 Å². The molecule has 0 spiro atoms.